The predicted molar refractivity (Wildman–Crippen MR) is 62.4 cm³/mol. The molecule has 2 aliphatic rings. The van der Waals surface area contributed by atoms with Gasteiger partial charge in [-0.3, -0.25) is 4.90 Å². The molecule has 2 heterocycles. The second-order valence-corrected chi connectivity index (χ2v) is 5.51. The minimum atomic E-state index is -4.13. The van der Waals surface area contributed by atoms with E-state index in [1.807, 2.05) is 18.7 Å². The molecule has 0 spiro atoms. The molecule has 2 saturated heterocycles. The zero-order valence-corrected chi connectivity index (χ0v) is 10.9. The quantitative estimate of drug-likeness (QED) is 0.781. The van der Waals surface area contributed by atoms with Gasteiger partial charge < -0.3 is 10.1 Å². The molecule has 0 aromatic carbocycles. The Morgan fingerprint density at radius 1 is 1.39 bits per heavy atom. The molecule has 0 amide bonds. The molecule has 2 aliphatic heterocycles. The lowest BCUT2D eigenvalue weighted by Gasteiger charge is -2.41. The largest absolute Gasteiger partial charge is 0.394 e. The molecule has 0 bridgehead atoms. The summed E-state index contributed by atoms with van der Waals surface area (Å²) < 4.78 is 44.3. The number of nitrogens with zero attached hydrogens (tertiary/aromatic N) is 1. The lowest BCUT2D eigenvalue weighted by Crippen LogP contribution is -2.54. The van der Waals surface area contributed by atoms with E-state index in [1.54, 1.807) is 0 Å². The first-order valence-corrected chi connectivity index (χ1v) is 6.48. The third kappa shape index (κ3) is 2.65. The van der Waals surface area contributed by atoms with Crippen molar-refractivity contribution < 1.29 is 17.9 Å². The van der Waals surface area contributed by atoms with Gasteiger partial charge in [0.2, 0.25) is 0 Å². The molecule has 18 heavy (non-hydrogen) atoms. The summed E-state index contributed by atoms with van der Waals surface area (Å²) in [6, 6.07) is 0. The van der Waals surface area contributed by atoms with Crippen LogP contribution in [0.15, 0.2) is 0 Å². The highest BCUT2D eigenvalue weighted by Gasteiger charge is 2.47. The van der Waals surface area contributed by atoms with Gasteiger partial charge in [-0.05, 0) is 20.3 Å². The summed E-state index contributed by atoms with van der Waals surface area (Å²) in [6.07, 6.45) is -3.34. The van der Waals surface area contributed by atoms with E-state index in [4.69, 9.17) is 4.74 Å². The summed E-state index contributed by atoms with van der Waals surface area (Å²) in [7, 11) is 0. The number of alkyl halides is 3. The van der Waals surface area contributed by atoms with Crippen LogP contribution in [0.5, 0.6) is 0 Å². The lowest BCUT2D eigenvalue weighted by molar-refractivity contribution is -0.179. The van der Waals surface area contributed by atoms with E-state index < -0.39 is 12.1 Å². The van der Waals surface area contributed by atoms with Crippen molar-refractivity contribution in [1.82, 2.24) is 10.2 Å². The van der Waals surface area contributed by atoms with Crippen molar-refractivity contribution in [2.24, 2.45) is 5.92 Å². The highest BCUT2D eigenvalue weighted by atomic mass is 19.4. The molecule has 0 aliphatic carbocycles. The number of nitrogens with one attached hydrogen (secondary N) is 1. The Morgan fingerprint density at radius 2 is 2.11 bits per heavy atom. The van der Waals surface area contributed by atoms with E-state index in [0.717, 1.165) is 6.42 Å². The molecule has 0 aromatic rings. The summed E-state index contributed by atoms with van der Waals surface area (Å²) in [5.41, 5.74) is -0.268. The average Bonchev–Trinajstić information content (AvgIpc) is 2.54. The van der Waals surface area contributed by atoms with Gasteiger partial charge in [0.05, 0.1) is 12.0 Å². The molecule has 3 nitrogen and oxygen atoms in total. The first-order chi connectivity index (χ1) is 8.34. The Hall–Kier alpha value is -0.330. The maximum Gasteiger partial charge on any atom is 0.394 e. The number of halogens is 3. The van der Waals surface area contributed by atoms with Crippen LogP contribution in [-0.4, -0.2) is 55.5 Å². The molecule has 6 heteroatoms. The van der Waals surface area contributed by atoms with Crippen LogP contribution in [0.25, 0.3) is 0 Å². The molecule has 0 aromatic heterocycles. The number of ether oxygens (including phenoxy) is 1. The van der Waals surface area contributed by atoms with Crippen molar-refractivity contribution >= 4 is 0 Å². The van der Waals surface area contributed by atoms with Crippen LogP contribution in [0.2, 0.25) is 0 Å². The minimum absolute atomic E-state index is 0.00974. The van der Waals surface area contributed by atoms with Gasteiger partial charge in [0.25, 0.3) is 0 Å². The molecule has 106 valence electrons. The monoisotopic (exact) mass is 266 g/mol. The Labute approximate surface area is 106 Å². The van der Waals surface area contributed by atoms with Crippen LogP contribution in [0, 0.1) is 5.92 Å². The number of hydrogen-bond acceptors (Lipinski definition) is 3. The number of rotatable bonds is 1. The molecular weight excluding hydrogens is 245 g/mol. The van der Waals surface area contributed by atoms with E-state index in [-0.39, 0.29) is 24.7 Å². The normalized spacial score (nSPS) is 39.8. The van der Waals surface area contributed by atoms with Crippen molar-refractivity contribution in [3.63, 3.8) is 0 Å². The summed E-state index contributed by atoms with van der Waals surface area (Å²) in [5, 5.41) is 2.89. The minimum Gasteiger partial charge on any atom is -0.377 e. The van der Waals surface area contributed by atoms with Crippen molar-refractivity contribution in [3.8, 4) is 0 Å². The van der Waals surface area contributed by atoms with Crippen molar-refractivity contribution in [2.45, 2.75) is 38.1 Å². The van der Waals surface area contributed by atoms with E-state index in [2.05, 4.69) is 5.32 Å². The van der Waals surface area contributed by atoms with Gasteiger partial charge in [0.15, 0.2) is 0 Å². The van der Waals surface area contributed by atoms with Crippen molar-refractivity contribution in [3.05, 3.63) is 0 Å². The van der Waals surface area contributed by atoms with E-state index in [9.17, 15) is 13.2 Å². The van der Waals surface area contributed by atoms with Crippen molar-refractivity contribution in [2.75, 3.05) is 32.8 Å². The highest BCUT2D eigenvalue weighted by Crippen LogP contribution is 2.35. The fourth-order valence-electron chi connectivity index (χ4n) is 2.84. The third-order valence-corrected chi connectivity index (χ3v) is 4.43. The average molecular weight is 266 g/mol. The van der Waals surface area contributed by atoms with Crippen LogP contribution >= 0.6 is 0 Å². The van der Waals surface area contributed by atoms with Gasteiger partial charge in [-0.2, -0.15) is 13.2 Å². The maximum absolute atomic E-state index is 12.9. The summed E-state index contributed by atoms with van der Waals surface area (Å²) in [4.78, 5) is 1.96. The Morgan fingerprint density at radius 3 is 2.67 bits per heavy atom. The molecule has 1 N–H and O–H groups in total. The van der Waals surface area contributed by atoms with E-state index in [1.165, 1.54) is 0 Å². The van der Waals surface area contributed by atoms with Crippen molar-refractivity contribution in [1.29, 1.82) is 0 Å². The second-order valence-electron chi connectivity index (χ2n) is 5.51. The Kier molecular flexibility index (Phi) is 3.90. The van der Waals surface area contributed by atoms with Crippen LogP contribution < -0.4 is 5.32 Å². The molecule has 0 radical (unpaired) electrons. The SMILES string of the molecule is CC1OCCC1(C)N1CCNCC(C(F)(F)F)C1. The van der Waals surface area contributed by atoms with Crippen LogP contribution in [0.1, 0.15) is 20.3 Å². The topological polar surface area (TPSA) is 24.5 Å². The zero-order chi connectivity index (χ0) is 13.4. The van der Waals surface area contributed by atoms with Gasteiger partial charge in [-0.15, -0.1) is 0 Å². The highest BCUT2D eigenvalue weighted by molar-refractivity contribution is 4.98. The molecule has 2 fully saturated rings. The van der Waals surface area contributed by atoms with Crippen LogP contribution in [0.4, 0.5) is 13.2 Å². The smallest absolute Gasteiger partial charge is 0.377 e. The standard InChI is InChI=1S/C12H21F3N2O/c1-9-11(2,3-6-18-9)17-5-4-16-7-10(8-17)12(13,14)15/h9-10,16H,3-8H2,1-2H3. The Bertz CT molecular complexity index is 298. The van der Waals surface area contributed by atoms with E-state index in [0.29, 0.717) is 19.7 Å². The number of hydrogen-bond donors (Lipinski definition) is 1. The molecule has 3 atom stereocenters. The van der Waals surface area contributed by atoms with E-state index >= 15 is 0 Å². The summed E-state index contributed by atoms with van der Waals surface area (Å²) >= 11 is 0. The molecule has 3 unspecified atom stereocenters. The molecule has 0 saturated carbocycles. The fourth-order valence-corrected chi connectivity index (χ4v) is 2.84. The first-order valence-electron chi connectivity index (χ1n) is 6.48. The summed E-state index contributed by atoms with van der Waals surface area (Å²) in [5.74, 6) is -1.29. The lowest BCUT2D eigenvalue weighted by atomic mass is 9.91. The first kappa shape index (κ1) is 14.1. The van der Waals surface area contributed by atoms with Crippen LogP contribution in [-0.2, 0) is 4.74 Å². The fraction of sp³-hybridized carbons (Fsp3) is 1.00. The van der Waals surface area contributed by atoms with Gasteiger partial charge in [-0.1, -0.05) is 0 Å². The van der Waals surface area contributed by atoms with Crippen LogP contribution in [0.3, 0.4) is 0 Å². The van der Waals surface area contributed by atoms with Gasteiger partial charge in [0.1, 0.15) is 0 Å². The Balaban J connectivity index is 2.12. The molecular formula is C12H21F3N2O. The van der Waals surface area contributed by atoms with Gasteiger partial charge in [-0.25, -0.2) is 0 Å². The maximum atomic E-state index is 12.9. The second kappa shape index (κ2) is 4.98. The van der Waals surface area contributed by atoms with Gasteiger partial charge in [0, 0.05) is 38.3 Å². The predicted octanol–water partition coefficient (Wildman–Crippen LogP) is 1.64. The third-order valence-electron chi connectivity index (χ3n) is 4.43. The van der Waals surface area contributed by atoms with Gasteiger partial charge >= 0.3 is 6.18 Å². The summed E-state index contributed by atoms with van der Waals surface area (Å²) in [6.45, 7) is 5.95. The zero-order valence-electron chi connectivity index (χ0n) is 10.9. The molecule has 2 rings (SSSR count).